The van der Waals surface area contributed by atoms with Crippen molar-refractivity contribution in [2.75, 3.05) is 25.1 Å². The molecule has 0 spiro atoms. The quantitative estimate of drug-likeness (QED) is 0.296. The zero-order valence-corrected chi connectivity index (χ0v) is 26.5. The van der Waals surface area contributed by atoms with Gasteiger partial charge in [0, 0.05) is 67.3 Å². The molecule has 1 saturated heterocycles. The zero-order chi connectivity index (χ0) is 31.9. The molecular formula is C34H38N8O4. The Morgan fingerprint density at radius 3 is 2.67 bits per heavy atom. The largest absolute Gasteiger partial charge is 0.392 e. The Bertz CT molecular complexity index is 2130. The molecule has 0 aromatic carbocycles. The first-order chi connectivity index (χ1) is 22.1. The van der Waals surface area contributed by atoms with E-state index in [4.69, 9.17) is 9.84 Å². The minimum absolute atomic E-state index is 0.173. The molecule has 46 heavy (non-hydrogen) atoms. The number of nitrogens with one attached hydrogen (secondary N) is 1. The summed E-state index contributed by atoms with van der Waals surface area (Å²) in [5.74, 6) is 0.956. The fourth-order valence-corrected chi connectivity index (χ4v) is 7.52. The molecule has 2 N–H and O–H groups in total. The third kappa shape index (κ3) is 4.54. The van der Waals surface area contributed by atoms with Gasteiger partial charge in [0.05, 0.1) is 38.1 Å². The van der Waals surface area contributed by atoms with Gasteiger partial charge in [0.15, 0.2) is 5.82 Å². The first kappa shape index (κ1) is 28.9. The maximum atomic E-state index is 13.8. The number of pyridine rings is 2. The number of anilines is 2. The number of hydrogen-bond donors (Lipinski definition) is 2. The molecule has 12 heteroatoms. The van der Waals surface area contributed by atoms with Gasteiger partial charge in [0.2, 0.25) is 0 Å². The van der Waals surface area contributed by atoms with Crippen molar-refractivity contribution in [3.8, 4) is 16.9 Å². The molecule has 1 atom stereocenters. The molecule has 0 unspecified atom stereocenters. The Morgan fingerprint density at radius 2 is 1.91 bits per heavy atom. The molecule has 3 aliphatic rings. The predicted octanol–water partition coefficient (Wildman–Crippen LogP) is 3.18. The van der Waals surface area contributed by atoms with Crippen molar-refractivity contribution in [1.29, 1.82) is 0 Å². The van der Waals surface area contributed by atoms with Crippen LogP contribution in [0.3, 0.4) is 0 Å². The number of ether oxygens (including phenoxy) is 1. The predicted molar refractivity (Wildman–Crippen MR) is 174 cm³/mol. The van der Waals surface area contributed by atoms with E-state index in [0.717, 1.165) is 44.8 Å². The third-order valence-electron chi connectivity index (χ3n) is 9.92. The van der Waals surface area contributed by atoms with Gasteiger partial charge in [-0.25, -0.2) is 4.98 Å². The van der Waals surface area contributed by atoms with Crippen molar-refractivity contribution in [2.24, 2.45) is 12.5 Å². The molecular weight excluding hydrogens is 584 g/mol. The van der Waals surface area contributed by atoms with Gasteiger partial charge < -0.3 is 24.1 Å². The lowest BCUT2D eigenvalue weighted by Crippen LogP contribution is -2.52. The van der Waals surface area contributed by atoms with Gasteiger partial charge >= 0.3 is 0 Å². The number of nitrogens with zero attached hydrogens (tertiary/aromatic N) is 7. The number of aliphatic hydroxyl groups is 1. The summed E-state index contributed by atoms with van der Waals surface area (Å²) in [6.07, 6.45) is 8.83. The van der Waals surface area contributed by atoms with Crippen LogP contribution in [0.15, 0.2) is 58.6 Å². The summed E-state index contributed by atoms with van der Waals surface area (Å²) in [5, 5.41) is 18.7. The van der Waals surface area contributed by atoms with E-state index in [-0.39, 0.29) is 29.2 Å². The normalized spacial score (nSPS) is 19.3. The molecule has 1 fully saturated rings. The molecule has 0 bridgehead atoms. The first-order valence-corrected chi connectivity index (χ1v) is 15.8. The van der Waals surface area contributed by atoms with Crippen LogP contribution in [0, 0.1) is 5.41 Å². The molecule has 12 nitrogen and oxygen atoms in total. The minimum atomic E-state index is -0.346. The highest BCUT2D eigenvalue weighted by Gasteiger charge is 2.35. The van der Waals surface area contributed by atoms with Crippen molar-refractivity contribution >= 4 is 17.0 Å². The van der Waals surface area contributed by atoms with Crippen LogP contribution in [0.5, 0.6) is 0 Å². The number of rotatable bonds is 6. The Morgan fingerprint density at radius 1 is 1.09 bits per heavy atom. The monoisotopic (exact) mass is 622 g/mol. The van der Waals surface area contributed by atoms with E-state index in [1.807, 2.05) is 27.4 Å². The highest BCUT2D eigenvalue weighted by Crippen LogP contribution is 2.38. The molecule has 8 rings (SSSR count). The number of aliphatic hydroxyl groups excluding tert-OH is 1. The summed E-state index contributed by atoms with van der Waals surface area (Å²) in [6, 6.07) is 8.18. The SMILES string of the molecule is C[C@H]1c2cc(Nc3cc(-c4ccnc(-n5ccn6c7c(cc6c5=O)CC(C)(C)C7)c4CO)cn(C)c3=O)nn2CCN1C1COC1. The van der Waals surface area contributed by atoms with Gasteiger partial charge in [-0.05, 0) is 54.5 Å². The summed E-state index contributed by atoms with van der Waals surface area (Å²) >= 11 is 0. The lowest BCUT2D eigenvalue weighted by Gasteiger charge is -2.43. The van der Waals surface area contributed by atoms with E-state index in [0.29, 0.717) is 45.6 Å². The molecule has 0 saturated carbocycles. The fourth-order valence-electron chi connectivity index (χ4n) is 7.52. The van der Waals surface area contributed by atoms with Gasteiger partial charge in [-0.15, -0.1) is 0 Å². The zero-order valence-electron chi connectivity index (χ0n) is 26.5. The highest BCUT2D eigenvalue weighted by atomic mass is 16.5. The van der Waals surface area contributed by atoms with Gasteiger partial charge in [0.1, 0.15) is 17.0 Å². The molecule has 5 aromatic heterocycles. The lowest BCUT2D eigenvalue weighted by atomic mass is 9.90. The maximum Gasteiger partial charge on any atom is 0.280 e. The van der Waals surface area contributed by atoms with Crippen LogP contribution >= 0.6 is 0 Å². The van der Waals surface area contributed by atoms with Gasteiger partial charge in [-0.2, -0.15) is 5.10 Å². The van der Waals surface area contributed by atoms with Crippen molar-refractivity contribution in [1.82, 2.24) is 33.2 Å². The summed E-state index contributed by atoms with van der Waals surface area (Å²) in [4.78, 5) is 34.1. The molecule has 1 aliphatic carbocycles. The summed E-state index contributed by atoms with van der Waals surface area (Å²) < 4.78 is 12.4. The molecule has 2 aliphatic heterocycles. The molecule has 5 aromatic rings. The van der Waals surface area contributed by atoms with Crippen LogP contribution < -0.4 is 16.4 Å². The van der Waals surface area contributed by atoms with Gasteiger partial charge in [-0.3, -0.25) is 23.7 Å². The number of aromatic nitrogens is 6. The third-order valence-corrected chi connectivity index (χ3v) is 9.92. The Labute approximate surface area is 265 Å². The average Bonchev–Trinajstić information content (AvgIpc) is 3.66. The van der Waals surface area contributed by atoms with Crippen LogP contribution in [0.2, 0.25) is 0 Å². The Kier molecular flexibility index (Phi) is 6.61. The van der Waals surface area contributed by atoms with Crippen molar-refractivity contribution in [3.63, 3.8) is 0 Å². The van der Waals surface area contributed by atoms with E-state index < -0.39 is 0 Å². The van der Waals surface area contributed by atoms with Crippen LogP contribution in [-0.4, -0.2) is 64.1 Å². The van der Waals surface area contributed by atoms with Gasteiger partial charge in [0.25, 0.3) is 11.1 Å². The second kappa shape index (κ2) is 10.5. The van der Waals surface area contributed by atoms with Crippen LogP contribution in [0.1, 0.15) is 49.3 Å². The van der Waals surface area contributed by atoms with Crippen LogP contribution in [-0.2, 0) is 37.8 Å². The number of hydrogen-bond acceptors (Lipinski definition) is 8. The summed E-state index contributed by atoms with van der Waals surface area (Å²) in [7, 11) is 1.70. The Balaban J connectivity index is 1.15. The van der Waals surface area contributed by atoms with Crippen molar-refractivity contribution in [2.45, 2.75) is 58.8 Å². The summed E-state index contributed by atoms with van der Waals surface area (Å²) in [6.45, 7) is 9.50. The maximum absolute atomic E-state index is 13.8. The second-order valence-corrected chi connectivity index (χ2v) is 13.6. The van der Waals surface area contributed by atoms with Crippen LogP contribution in [0.25, 0.3) is 22.5 Å². The minimum Gasteiger partial charge on any atom is -0.392 e. The van der Waals surface area contributed by atoms with E-state index >= 15 is 0 Å². The van der Waals surface area contributed by atoms with Crippen LogP contribution in [0.4, 0.5) is 11.5 Å². The number of aryl methyl sites for hydroxylation is 1. The summed E-state index contributed by atoms with van der Waals surface area (Å²) in [5.41, 5.74) is 6.06. The van der Waals surface area contributed by atoms with Crippen molar-refractivity contribution in [3.05, 3.63) is 92.3 Å². The number of fused-ring (bicyclic) bond motifs is 4. The molecule has 0 radical (unpaired) electrons. The first-order valence-electron chi connectivity index (χ1n) is 15.8. The van der Waals surface area contributed by atoms with E-state index in [9.17, 15) is 14.7 Å². The molecule has 0 amide bonds. The highest BCUT2D eigenvalue weighted by molar-refractivity contribution is 5.73. The van der Waals surface area contributed by atoms with Crippen molar-refractivity contribution < 1.29 is 9.84 Å². The smallest absolute Gasteiger partial charge is 0.280 e. The topological polar surface area (TPSA) is 124 Å². The van der Waals surface area contributed by atoms with Gasteiger partial charge in [-0.1, -0.05) is 13.8 Å². The lowest BCUT2D eigenvalue weighted by molar-refractivity contribution is -0.0847. The standard InChI is InChI=1S/C34H38N8O4/c1-20-27-13-30(37-42(27)10-9-39(20)23-18-46-19-23)36-26-11-22(16-38(4)32(26)44)24-5-6-35-31(25(24)17-43)41-8-7-40-28(33(41)45)12-21-14-34(2,3)15-29(21)40/h5-8,11-13,16,20,23,43H,9-10,14-15,17-19H2,1-4H3,(H,36,37)/t20-/m0/s1. The second-order valence-electron chi connectivity index (χ2n) is 13.6. The molecule has 238 valence electrons. The van der Waals surface area contributed by atoms with E-state index in [2.05, 4.69) is 36.0 Å². The average molecular weight is 623 g/mol. The Hall–Kier alpha value is -4.52. The molecule has 7 heterocycles. The van der Waals surface area contributed by atoms with E-state index in [1.165, 1.54) is 20.4 Å². The fraction of sp³-hybridized carbons (Fsp3) is 0.412. The van der Waals surface area contributed by atoms with E-state index in [1.54, 1.807) is 37.8 Å².